The van der Waals surface area contributed by atoms with E-state index in [9.17, 15) is 4.79 Å². The van der Waals surface area contributed by atoms with Crippen LogP contribution in [-0.2, 0) is 17.3 Å². The van der Waals surface area contributed by atoms with Gasteiger partial charge in [0, 0.05) is 12.1 Å². The Hall–Kier alpha value is -3.01. The standard InChI is InChI=1S/C31H39NO3/c1-7-8-17-34-24-11-9-23(10-12-24)32-29(33)28-14-13-25(35-28)19-22-20-27-26(18-21(22)2)30(3,4)15-16-31(27,5)6/h9-14,18,20H,7-8,15-17,19H2,1-6H3,(H,32,33). The summed E-state index contributed by atoms with van der Waals surface area (Å²) in [6.45, 7) is 14.4. The Kier molecular flexibility index (Phi) is 7.12. The second-order valence-electron chi connectivity index (χ2n) is 11.2. The van der Waals surface area contributed by atoms with Crippen molar-refractivity contribution in [3.63, 3.8) is 0 Å². The molecule has 186 valence electrons. The van der Waals surface area contributed by atoms with E-state index < -0.39 is 0 Å². The highest BCUT2D eigenvalue weighted by atomic mass is 16.5. The van der Waals surface area contributed by atoms with E-state index in [1.165, 1.54) is 35.1 Å². The fraction of sp³-hybridized carbons (Fsp3) is 0.452. The van der Waals surface area contributed by atoms with Gasteiger partial charge in [-0.25, -0.2) is 0 Å². The number of furan rings is 1. The Bertz CT molecular complexity index is 1180. The number of ether oxygens (including phenoxy) is 1. The summed E-state index contributed by atoms with van der Waals surface area (Å²) in [5.41, 5.74) is 6.53. The molecule has 35 heavy (non-hydrogen) atoms. The van der Waals surface area contributed by atoms with Gasteiger partial charge in [0.2, 0.25) is 0 Å². The maximum Gasteiger partial charge on any atom is 0.291 e. The number of rotatable bonds is 8. The van der Waals surface area contributed by atoms with E-state index in [1.54, 1.807) is 6.07 Å². The number of hydrogen-bond donors (Lipinski definition) is 1. The molecule has 1 amide bonds. The summed E-state index contributed by atoms with van der Waals surface area (Å²) < 4.78 is 11.7. The van der Waals surface area contributed by atoms with Crippen LogP contribution in [0.1, 0.15) is 98.9 Å². The Morgan fingerprint density at radius 1 is 0.971 bits per heavy atom. The lowest BCUT2D eigenvalue weighted by Gasteiger charge is -2.42. The van der Waals surface area contributed by atoms with E-state index >= 15 is 0 Å². The minimum absolute atomic E-state index is 0.165. The van der Waals surface area contributed by atoms with Crippen molar-refractivity contribution >= 4 is 11.6 Å². The molecule has 0 fully saturated rings. The average Bonchev–Trinajstić information content (AvgIpc) is 3.28. The molecule has 0 unspecified atom stereocenters. The molecule has 4 rings (SSSR count). The number of anilines is 1. The van der Waals surface area contributed by atoms with Crippen LogP contribution in [-0.4, -0.2) is 12.5 Å². The summed E-state index contributed by atoms with van der Waals surface area (Å²) >= 11 is 0. The van der Waals surface area contributed by atoms with E-state index in [1.807, 2.05) is 30.3 Å². The molecule has 0 saturated heterocycles. The van der Waals surface area contributed by atoms with Gasteiger partial charge in [-0.2, -0.15) is 0 Å². The molecule has 1 N–H and O–H groups in total. The van der Waals surface area contributed by atoms with Gasteiger partial charge in [0.15, 0.2) is 5.76 Å². The maximum absolute atomic E-state index is 12.8. The molecule has 1 aromatic heterocycles. The number of aryl methyl sites for hydroxylation is 1. The van der Waals surface area contributed by atoms with Crippen molar-refractivity contribution in [2.24, 2.45) is 0 Å². The Balaban J connectivity index is 1.45. The highest BCUT2D eigenvalue weighted by molar-refractivity contribution is 6.02. The van der Waals surface area contributed by atoms with Gasteiger partial charge in [0.1, 0.15) is 11.5 Å². The van der Waals surface area contributed by atoms with Crippen molar-refractivity contribution in [1.29, 1.82) is 0 Å². The molecule has 1 aliphatic rings. The van der Waals surface area contributed by atoms with Crippen LogP contribution < -0.4 is 10.1 Å². The van der Waals surface area contributed by atoms with Crippen molar-refractivity contribution in [2.45, 2.75) is 84.5 Å². The molecule has 0 atom stereocenters. The Labute approximate surface area is 210 Å². The van der Waals surface area contributed by atoms with Crippen molar-refractivity contribution < 1.29 is 13.9 Å². The highest BCUT2D eigenvalue weighted by Gasteiger charge is 2.37. The molecule has 0 spiro atoms. The van der Waals surface area contributed by atoms with Gasteiger partial charge < -0.3 is 14.5 Å². The highest BCUT2D eigenvalue weighted by Crippen LogP contribution is 2.46. The van der Waals surface area contributed by atoms with Gasteiger partial charge in [-0.1, -0.05) is 53.2 Å². The molecule has 1 heterocycles. The molecule has 2 aromatic carbocycles. The van der Waals surface area contributed by atoms with Crippen LogP contribution >= 0.6 is 0 Å². The molecule has 4 heteroatoms. The second kappa shape index (κ2) is 9.93. The zero-order chi connectivity index (χ0) is 25.2. The summed E-state index contributed by atoms with van der Waals surface area (Å²) in [5, 5.41) is 2.91. The molecule has 4 nitrogen and oxygen atoms in total. The van der Waals surface area contributed by atoms with Crippen LogP contribution in [0.2, 0.25) is 0 Å². The third-order valence-corrected chi connectivity index (χ3v) is 7.44. The van der Waals surface area contributed by atoms with Crippen LogP contribution in [0.4, 0.5) is 5.69 Å². The number of carbonyl (C=O) groups is 1. The van der Waals surface area contributed by atoms with Crippen molar-refractivity contribution in [2.75, 3.05) is 11.9 Å². The molecule has 0 saturated carbocycles. The Morgan fingerprint density at radius 2 is 1.63 bits per heavy atom. The van der Waals surface area contributed by atoms with E-state index in [-0.39, 0.29) is 16.7 Å². The first-order valence-corrected chi connectivity index (χ1v) is 12.9. The summed E-state index contributed by atoms with van der Waals surface area (Å²) in [7, 11) is 0. The minimum Gasteiger partial charge on any atom is -0.494 e. The molecular weight excluding hydrogens is 434 g/mol. The van der Waals surface area contributed by atoms with Gasteiger partial charge >= 0.3 is 0 Å². The molecule has 0 radical (unpaired) electrons. The molecular formula is C31H39NO3. The van der Waals surface area contributed by atoms with Crippen LogP contribution in [0.15, 0.2) is 52.9 Å². The maximum atomic E-state index is 12.8. The lowest BCUT2D eigenvalue weighted by Crippen LogP contribution is -2.34. The topological polar surface area (TPSA) is 51.5 Å². The average molecular weight is 474 g/mol. The number of hydrogen-bond acceptors (Lipinski definition) is 3. The lowest BCUT2D eigenvalue weighted by atomic mass is 9.62. The van der Waals surface area contributed by atoms with Gasteiger partial charge in [-0.3, -0.25) is 4.79 Å². The summed E-state index contributed by atoms with van der Waals surface area (Å²) in [6.07, 6.45) is 5.19. The third-order valence-electron chi connectivity index (χ3n) is 7.44. The van der Waals surface area contributed by atoms with Crippen LogP contribution in [0.5, 0.6) is 5.75 Å². The largest absolute Gasteiger partial charge is 0.494 e. The van der Waals surface area contributed by atoms with Crippen LogP contribution in [0.25, 0.3) is 0 Å². The first-order chi connectivity index (χ1) is 16.6. The number of unbranched alkanes of at least 4 members (excludes halogenated alkanes) is 1. The molecule has 3 aromatic rings. The number of nitrogens with one attached hydrogen (secondary N) is 1. The number of carbonyl (C=O) groups excluding carboxylic acids is 1. The lowest BCUT2D eigenvalue weighted by molar-refractivity contribution is 0.0995. The number of fused-ring (bicyclic) bond motifs is 1. The number of amides is 1. The van der Waals surface area contributed by atoms with E-state index in [0.29, 0.717) is 24.5 Å². The van der Waals surface area contributed by atoms with Gasteiger partial charge in [-0.05, 0) is 95.7 Å². The molecule has 0 aliphatic heterocycles. The van der Waals surface area contributed by atoms with Gasteiger partial charge in [-0.15, -0.1) is 0 Å². The second-order valence-corrected chi connectivity index (χ2v) is 11.2. The summed E-state index contributed by atoms with van der Waals surface area (Å²) in [6, 6.07) is 15.9. The summed E-state index contributed by atoms with van der Waals surface area (Å²) in [5.74, 6) is 1.68. The van der Waals surface area contributed by atoms with Crippen LogP contribution in [0.3, 0.4) is 0 Å². The zero-order valence-electron chi connectivity index (χ0n) is 22.1. The number of benzene rings is 2. The quantitative estimate of drug-likeness (QED) is 0.338. The fourth-order valence-electron chi connectivity index (χ4n) is 4.90. The summed E-state index contributed by atoms with van der Waals surface area (Å²) in [4.78, 5) is 12.8. The predicted octanol–water partition coefficient (Wildman–Crippen LogP) is 7.96. The van der Waals surface area contributed by atoms with E-state index in [2.05, 4.69) is 59.0 Å². The zero-order valence-corrected chi connectivity index (χ0v) is 22.1. The Morgan fingerprint density at radius 3 is 2.29 bits per heavy atom. The minimum atomic E-state index is -0.249. The monoisotopic (exact) mass is 473 g/mol. The van der Waals surface area contributed by atoms with E-state index in [4.69, 9.17) is 9.15 Å². The van der Waals surface area contributed by atoms with Gasteiger partial charge in [0.25, 0.3) is 5.91 Å². The third kappa shape index (κ3) is 5.63. The van der Waals surface area contributed by atoms with E-state index in [0.717, 1.165) is 24.4 Å². The molecule has 0 bridgehead atoms. The van der Waals surface area contributed by atoms with Crippen LogP contribution in [0, 0.1) is 6.92 Å². The first kappa shape index (κ1) is 25.1. The molecule has 1 aliphatic carbocycles. The van der Waals surface area contributed by atoms with Crippen molar-refractivity contribution in [1.82, 2.24) is 0 Å². The SMILES string of the molecule is CCCCOc1ccc(NC(=O)c2ccc(Cc3cc4c(cc3C)C(C)(C)CCC4(C)C)o2)cc1. The van der Waals surface area contributed by atoms with Gasteiger partial charge in [0.05, 0.1) is 6.61 Å². The predicted molar refractivity (Wildman–Crippen MR) is 143 cm³/mol. The fourth-order valence-corrected chi connectivity index (χ4v) is 4.90. The first-order valence-electron chi connectivity index (χ1n) is 12.9. The van der Waals surface area contributed by atoms with Crippen molar-refractivity contribution in [3.05, 3.63) is 82.3 Å². The normalized spacial score (nSPS) is 15.9. The van der Waals surface area contributed by atoms with Crippen molar-refractivity contribution in [3.8, 4) is 5.75 Å². The smallest absolute Gasteiger partial charge is 0.291 e.